The first-order valence-corrected chi connectivity index (χ1v) is 9.82. The Kier molecular flexibility index (Phi) is 4.32. The van der Waals surface area contributed by atoms with Gasteiger partial charge in [-0.2, -0.15) is 0 Å². The average molecular weight is 391 g/mol. The second-order valence-corrected chi connectivity index (χ2v) is 7.97. The first kappa shape index (κ1) is 17.9. The van der Waals surface area contributed by atoms with Gasteiger partial charge in [-0.1, -0.05) is 18.2 Å². The maximum Gasteiger partial charge on any atom is 0.270 e. The zero-order chi connectivity index (χ0) is 20.0. The van der Waals surface area contributed by atoms with Gasteiger partial charge in [-0.15, -0.1) is 0 Å². The van der Waals surface area contributed by atoms with Crippen LogP contribution in [0, 0.1) is 16.0 Å². The molecule has 1 aromatic carbocycles. The zero-order valence-corrected chi connectivity index (χ0v) is 15.9. The highest BCUT2D eigenvalue weighted by Crippen LogP contribution is 2.36. The number of pyridine rings is 1. The van der Waals surface area contributed by atoms with Gasteiger partial charge in [0, 0.05) is 55.0 Å². The van der Waals surface area contributed by atoms with E-state index in [2.05, 4.69) is 11.0 Å². The van der Waals surface area contributed by atoms with Gasteiger partial charge in [0.25, 0.3) is 11.2 Å². The summed E-state index contributed by atoms with van der Waals surface area (Å²) in [4.78, 5) is 25.2. The molecule has 0 N–H and O–H groups in total. The largest absolute Gasteiger partial charge is 0.460 e. The lowest BCUT2D eigenvalue weighted by Crippen LogP contribution is -2.46. The fourth-order valence-electron chi connectivity index (χ4n) is 4.74. The lowest BCUT2D eigenvalue weighted by molar-refractivity contribution is -0.384. The SMILES string of the molecule is O=c1cccc2n1C[C@@H]1C[C@H]2CN(Cc2ccc(-c3cccc([N+](=O)[O-])c3)o2)C1. The number of non-ortho nitro benzene ring substituents is 1. The molecule has 2 aliphatic rings. The summed E-state index contributed by atoms with van der Waals surface area (Å²) in [6.45, 7) is 3.30. The molecule has 2 aliphatic heterocycles. The molecule has 0 radical (unpaired) electrons. The molecule has 148 valence electrons. The number of rotatable bonds is 4. The van der Waals surface area contributed by atoms with Crippen LogP contribution in [-0.4, -0.2) is 27.5 Å². The fourth-order valence-corrected chi connectivity index (χ4v) is 4.74. The highest BCUT2D eigenvalue weighted by molar-refractivity contribution is 5.61. The van der Waals surface area contributed by atoms with Crippen LogP contribution in [0.2, 0.25) is 0 Å². The third kappa shape index (κ3) is 3.38. The summed E-state index contributed by atoms with van der Waals surface area (Å²) in [5.41, 5.74) is 1.99. The second-order valence-electron chi connectivity index (χ2n) is 7.97. The van der Waals surface area contributed by atoms with E-state index < -0.39 is 4.92 Å². The normalized spacial score (nSPS) is 21.0. The van der Waals surface area contributed by atoms with Crippen molar-refractivity contribution >= 4 is 5.69 Å². The van der Waals surface area contributed by atoms with Crippen molar-refractivity contribution in [1.29, 1.82) is 0 Å². The Morgan fingerprint density at radius 1 is 1.07 bits per heavy atom. The van der Waals surface area contributed by atoms with Crippen molar-refractivity contribution in [2.45, 2.75) is 25.4 Å². The van der Waals surface area contributed by atoms with Crippen LogP contribution in [0.1, 0.15) is 23.8 Å². The van der Waals surface area contributed by atoms with Crippen molar-refractivity contribution in [2.75, 3.05) is 13.1 Å². The summed E-state index contributed by atoms with van der Waals surface area (Å²) in [6, 6.07) is 15.9. The topological polar surface area (TPSA) is 81.5 Å². The van der Waals surface area contributed by atoms with Crippen LogP contribution < -0.4 is 5.56 Å². The lowest BCUT2D eigenvalue weighted by Gasteiger charge is -2.42. The van der Waals surface area contributed by atoms with Gasteiger partial charge in [0.05, 0.1) is 11.5 Å². The molecule has 0 unspecified atom stereocenters. The lowest BCUT2D eigenvalue weighted by atomic mass is 9.83. The summed E-state index contributed by atoms with van der Waals surface area (Å²) in [5, 5.41) is 11.0. The Bertz CT molecular complexity index is 1130. The first-order chi connectivity index (χ1) is 14.1. The number of nitro benzene ring substituents is 1. The maximum absolute atomic E-state index is 12.2. The van der Waals surface area contributed by atoms with Crippen molar-refractivity contribution in [3.8, 4) is 11.3 Å². The van der Waals surface area contributed by atoms with E-state index in [1.54, 1.807) is 12.1 Å². The minimum atomic E-state index is -0.400. The monoisotopic (exact) mass is 391 g/mol. The van der Waals surface area contributed by atoms with Crippen LogP contribution in [0.3, 0.4) is 0 Å². The molecule has 4 heterocycles. The van der Waals surface area contributed by atoms with Crippen LogP contribution in [0.4, 0.5) is 5.69 Å². The van der Waals surface area contributed by atoms with Crippen molar-refractivity contribution < 1.29 is 9.34 Å². The molecule has 7 heteroatoms. The Labute approximate surface area is 167 Å². The van der Waals surface area contributed by atoms with E-state index >= 15 is 0 Å². The molecule has 5 rings (SSSR count). The number of benzene rings is 1. The molecule has 0 saturated carbocycles. The molecule has 2 aromatic heterocycles. The molecule has 0 spiro atoms. The number of nitro groups is 1. The molecule has 29 heavy (non-hydrogen) atoms. The van der Waals surface area contributed by atoms with E-state index in [0.717, 1.165) is 37.5 Å². The highest BCUT2D eigenvalue weighted by atomic mass is 16.6. The van der Waals surface area contributed by atoms with Crippen molar-refractivity contribution in [3.05, 3.63) is 86.5 Å². The van der Waals surface area contributed by atoms with Crippen LogP contribution in [-0.2, 0) is 13.1 Å². The molecule has 1 fully saturated rings. The molecule has 7 nitrogen and oxygen atoms in total. The van der Waals surface area contributed by atoms with E-state index in [4.69, 9.17) is 4.42 Å². The smallest absolute Gasteiger partial charge is 0.270 e. The summed E-state index contributed by atoms with van der Waals surface area (Å²) >= 11 is 0. The summed E-state index contributed by atoms with van der Waals surface area (Å²) in [5.74, 6) is 2.31. The van der Waals surface area contributed by atoms with Crippen molar-refractivity contribution in [3.63, 3.8) is 0 Å². The quantitative estimate of drug-likeness (QED) is 0.501. The average Bonchev–Trinajstić information content (AvgIpc) is 3.17. The predicted octanol–water partition coefficient (Wildman–Crippen LogP) is 3.64. The maximum atomic E-state index is 12.2. The van der Waals surface area contributed by atoms with Crippen LogP contribution >= 0.6 is 0 Å². The number of hydrogen-bond acceptors (Lipinski definition) is 5. The first-order valence-electron chi connectivity index (χ1n) is 9.82. The molecular weight excluding hydrogens is 370 g/mol. The number of fused-ring (bicyclic) bond motifs is 4. The van der Waals surface area contributed by atoms with Gasteiger partial charge in [-0.05, 0) is 30.5 Å². The fraction of sp³-hybridized carbons (Fsp3) is 0.318. The second kappa shape index (κ2) is 7.00. The molecule has 1 saturated heterocycles. The van der Waals surface area contributed by atoms with E-state index in [9.17, 15) is 14.9 Å². The Morgan fingerprint density at radius 2 is 1.93 bits per heavy atom. The van der Waals surface area contributed by atoms with E-state index in [1.807, 2.05) is 28.8 Å². The van der Waals surface area contributed by atoms with E-state index in [-0.39, 0.29) is 11.2 Å². The third-order valence-electron chi connectivity index (χ3n) is 5.94. The van der Waals surface area contributed by atoms with Crippen molar-refractivity contribution in [1.82, 2.24) is 9.47 Å². The predicted molar refractivity (Wildman–Crippen MR) is 108 cm³/mol. The Morgan fingerprint density at radius 3 is 2.79 bits per heavy atom. The van der Waals surface area contributed by atoms with E-state index in [0.29, 0.717) is 29.7 Å². The number of hydrogen-bond donors (Lipinski definition) is 0. The molecule has 0 amide bonds. The van der Waals surface area contributed by atoms with Crippen LogP contribution in [0.15, 0.2) is 63.8 Å². The molecular formula is C22H21N3O4. The molecule has 2 atom stereocenters. The molecule has 3 aromatic rings. The number of furan rings is 1. The minimum Gasteiger partial charge on any atom is -0.460 e. The van der Waals surface area contributed by atoms with Crippen LogP contribution in [0.25, 0.3) is 11.3 Å². The number of nitrogens with zero attached hydrogens (tertiary/aromatic N) is 3. The Balaban J connectivity index is 1.33. The van der Waals surface area contributed by atoms with Crippen molar-refractivity contribution in [2.24, 2.45) is 5.92 Å². The van der Waals surface area contributed by atoms with Crippen LogP contribution in [0.5, 0.6) is 0 Å². The highest BCUT2D eigenvalue weighted by Gasteiger charge is 2.34. The zero-order valence-electron chi connectivity index (χ0n) is 15.9. The van der Waals surface area contributed by atoms with Gasteiger partial charge in [-0.25, -0.2) is 0 Å². The molecule has 2 bridgehead atoms. The number of piperidine rings is 1. The summed E-state index contributed by atoms with van der Waals surface area (Å²) in [6.07, 6.45) is 1.12. The van der Waals surface area contributed by atoms with Gasteiger partial charge >= 0.3 is 0 Å². The van der Waals surface area contributed by atoms with Gasteiger partial charge in [0.15, 0.2) is 0 Å². The van der Waals surface area contributed by atoms with Gasteiger partial charge in [-0.3, -0.25) is 19.8 Å². The third-order valence-corrected chi connectivity index (χ3v) is 5.94. The standard InChI is InChI=1S/C22H21N3O4/c26-22-6-2-5-20-17-9-15(12-24(20)22)11-23(13-17)14-19-7-8-21(29-19)16-3-1-4-18(10-16)25(27)28/h1-8,10,15,17H,9,11-14H2/t15-,17+/m1/s1. The summed E-state index contributed by atoms with van der Waals surface area (Å²) in [7, 11) is 0. The Hall–Kier alpha value is -3.19. The van der Waals surface area contributed by atoms with Gasteiger partial charge in [0.1, 0.15) is 11.5 Å². The van der Waals surface area contributed by atoms with Gasteiger partial charge < -0.3 is 8.98 Å². The number of aromatic nitrogens is 1. The number of likely N-dealkylation sites (tertiary alicyclic amines) is 1. The minimum absolute atomic E-state index is 0.0539. The van der Waals surface area contributed by atoms with E-state index in [1.165, 1.54) is 12.1 Å². The summed E-state index contributed by atoms with van der Waals surface area (Å²) < 4.78 is 7.93. The molecule has 0 aliphatic carbocycles. The van der Waals surface area contributed by atoms with Gasteiger partial charge in [0.2, 0.25) is 0 Å².